The predicted molar refractivity (Wildman–Crippen MR) is 74.3 cm³/mol. The van der Waals surface area contributed by atoms with Gasteiger partial charge in [-0.25, -0.2) is 14.7 Å². The van der Waals surface area contributed by atoms with Crippen molar-refractivity contribution in [3.8, 4) is 0 Å². The van der Waals surface area contributed by atoms with Crippen LogP contribution in [0.15, 0.2) is 48.7 Å². The van der Waals surface area contributed by atoms with Gasteiger partial charge < -0.3 is 4.90 Å². The normalized spacial score (nSPS) is 14.5. The number of para-hydroxylation sites is 1. The Morgan fingerprint density at radius 3 is 2.68 bits per heavy atom. The molecule has 3 rings (SSSR count). The SMILES string of the molecule is CCN1Cc2cccnc2N(c2ccccc2)C1=O. The highest BCUT2D eigenvalue weighted by atomic mass is 16.2. The molecule has 96 valence electrons. The van der Waals surface area contributed by atoms with Crippen molar-refractivity contribution in [2.24, 2.45) is 0 Å². The van der Waals surface area contributed by atoms with Crippen LogP contribution in [-0.2, 0) is 6.54 Å². The van der Waals surface area contributed by atoms with Crippen molar-refractivity contribution >= 4 is 17.5 Å². The summed E-state index contributed by atoms with van der Waals surface area (Å²) in [6.45, 7) is 3.31. The average Bonchev–Trinajstić information content (AvgIpc) is 2.47. The Kier molecular flexibility index (Phi) is 2.91. The van der Waals surface area contributed by atoms with Crippen LogP contribution in [0, 0.1) is 0 Å². The van der Waals surface area contributed by atoms with E-state index in [1.165, 1.54) is 0 Å². The molecule has 0 fully saturated rings. The van der Waals surface area contributed by atoms with Gasteiger partial charge in [0, 0.05) is 18.3 Å². The third kappa shape index (κ3) is 1.95. The zero-order valence-electron chi connectivity index (χ0n) is 10.8. The largest absolute Gasteiger partial charge is 0.330 e. The third-order valence-electron chi connectivity index (χ3n) is 3.30. The van der Waals surface area contributed by atoms with E-state index in [0.29, 0.717) is 13.1 Å². The number of anilines is 2. The van der Waals surface area contributed by atoms with Crippen molar-refractivity contribution in [2.75, 3.05) is 11.4 Å². The van der Waals surface area contributed by atoms with Crippen molar-refractivity contribution in [2.45, 2.75) is 13.5 Å². The maximum atomic E-state index is 12.5. The summed E-state index contributed by atoms with van der Waals surface area (Å²) in [4.78, 5) is 20.4. The van der Waals surface area contributed by atoms with Crippen LogP contribution in [0.5, 0.6) is 0 Å². The first-order valence-electron chi connectivity index (χ1n) is 6.39. The van der Waals surface area contributed by atoms with E-state index in [0.717, 1.165) is 17.1 Å². The highest BCUT2D eigenvalue weighted by Gasteiger charge is 2.31. The molecule has 0 spiro atoms. The van der Waals surface area contributed by atoms with Crippen LogP contribution in [0.25, 0.3) is 0 Å². The van der Waals surface area contributed by atoms with Crippen LogP contribution in [0.3, 0.4) is 0 Å². The molecule has 1 aromatic carbocycles. The number of benzene rings is 1. The summed E-state index contributed by atoms with van der Waals surface area (Å²) in [6.07, 6.45) is 1.73. The van der Waals surface area contributed by atoms with Gasteiger partial charge in [-0.05, 0) is 25.1 Å². The molecule has 0 saturated heterocycles. The number of carbonyl (C=O) groups excluding carboxylic acids is 1. The number of nitrogens with zero attached hydrogens (tertiary/aromatic N) is 3. The summed E-state index contributed by atoms with van der Waals surface area (Å²) in [7, 11) is 0. The van der Waals surface area contributed by atoms with Gasteiger partial charge in [-0.3, -0.25) is 0 Å². The van der Waals surface area contributed by atoms with E-state index < -0.39 is 0 Å². The lowest BCUT2D eigenvalue weighted by Crippen LogP contribution is -2.44. The summed E-state index contributed by atoms with van der Waals surface area (Å²) in [5.74, 6) is 0.739. The van der Waals surface area contributed by atoms with Crippen LogP contribution < -0.4 is 4.90 Å². The van der Waals surface area contributed by atoms with Gasteiger partial charge in [0.15, 0.2) is 0 Å². The fourth-order valence-corrected chi connectivity index (χ4v) is 2.32. The van der Waals surface area contributed by atoms with Crippen molar-refractivity contribution in [3.63, 3.8) is 0 Å². The quantitative estimate of drug-likeness (QED) is 0.824. The fraction of sp³-hybridized carbons (Fsp3) is 0.200. The number of urea groups is 1. The van der Waals surface area contributed by atoms with E-state index in [1.54, 1.807) is 11.1 Å². The lowest BCUT2D eigenvalue weighted by atomic mass is 10.1. The number of rotatable bonds is 2. The van der Waals surface area contributed by atoms with Gasteiger partial charge >= 0.3 is 6.03 Å². The molecule has 0 radical (unpaired) electrons. The van der Waals surface area contributed by atoms with E-state index in [4.69, 9.17) is 0 Å². The number of fused-ring (bicyclic) bond motifs is 1. The second-order valence-electron chi connectivity index (χ2n) is 4.45. The van der Waals surface area contributed by atoms with Crippen molar-refractivity contribution in [1.29, 1.82) is 0 Å². The molecule has 4 nitrogen and oxygen atoms in total. The molecule has 1 aliphatic heterocycles. The number of carbonyl (C=O) groups is 1. The van der Waals surface area contributed by atoms with E-state index in [9.17, 15) is 4.79 Å². The Balaban J connectivity index is 2.13. The standard InChI is InChI=1S/C15H15N3O/c1-2-17-11-12-7-6-10-16-14(12)18(15(17)19)13-8-4-3-5-9-13/h3-10H,2,11H2,1H3. The number of pyridine rings is 1. The van der Waals surface area contributed by atoms with Crippen molar-refractivity contribution in [3.05, 3.63) is 54.2 Å². The highest BCUT2D eigenvalue weighted by Crippen LogP contribution is 2.32. The van der Waals surface area contributed by atoms with Crippen LogP contribution in [0.1, 0.15) is 12.5 Å². The first-order chi connectivity index (χ1) is 9.31. The van der Waals surface area contributed by atoms with Crippen LogP contribution >= 0.6 is 0 Å². The summed E-state index contributed by atoms with van der Waals surface area (Å²) in [5.41, 5.74) is 1.93. The summed E-state index contributed by atoms with van der Waals surface area (Å²) >= 11 is 0. The summed E-state index contributed by atoms with van der Waals surface area (Å²) < 4.78 is 0. The molecule has 2 amide bonds. The molecule has 0 aliphatic carbocycles. The molecule has 2 aromatic rings. The Morgan fingerprint density at radius 1 is 1.16 bits per heavy atom. The van der Waals surface area contributed by atoms with Gasteiger partial charge in [0.05, 0.1) is 12.2 Å². The molecule has 1 aliphatic rings. The van der Waals surface area contributed by atoms with Gasteiger partial charge in [0.1, 0.15) is 5.82 Å². The molecule has 0 bridgehead atoms. The number of amides is 2. The first kappa shape index (κ1) is 11.7. The average molecular weight is 253 g/mol. The topological polar surface area (TPSA) is 36.4 Å². The van der Waals surface area contributed by atoms with Crippen molar-refractivity contribution < 1.29 is 4.79 Å². The minimum absolute atomic E-state index is 0.0140. The van der Waals surface area contributed by atoms with Gasteiger partial charge in [0.25, 0.3) is 0 Å². The molecule has 4 heteroatoms. The number of aromatic nitrogens is 1. The molecular weight excluding hydrogens is 238 g/mol. The van der Waals surface area contributed by atoms with Gasteiger partial charge in [-0.15, -0.1) is 0 Å². The Morgan fingerprint density at radius 2 is 1.95 bits per heavy atom. The van der Waals surface area contributed by atoms with E-state index >= 15 is 0 Å². The minimum atomic E-state index is -0.0140. The minimum Gasteiger partial charge on any atom is -0.320 e. The second-order valence-corrected chi connectivity index (χ2v) is 4.45. The van der Waals surface area contributed by atoms with E-state index in [-0.39, 0.29) is 6.03 Å². The number of hydrogen-bond acceptors (Lipinski definition) is 2. The zero-order valence-corrected chi connectivity index (χ0v) is 10.8. The number of hydrogen-bond donors (Lipinski definition) is 0. The molecule has 19 heavy (non-hydrogen) atoms. The molecule has 0 saturated carbocycles. The van der Waals surface area contributed by atoms with Gasteiger partial charge in [0.2, 0.25) is 0 Å². The molecule has 0 atom stereocenters. The van der Waals surface area contributed by atoms with Crippen LogP contribution in [0.2, 0.25) is 0 Å². The molecule has 0 unspecified atom stereocenters. The van der Waals surface area contributed by atoms with Crippen LogP contribution in [-0.4, -0.2) is 22.5 Å². The molecular formula is C15H15N3O. The Labute approximate surface area is 112 Å². The zero-order chi connectivity index (χ0) is 13.2. The lowest BCUT2D eigenvalue weighted by Gasteiger charge is -2.35. The lowest BCUT2D eigenvalue weighted by molar-refractivity contribution is 0.204. The predicted octanol–water partition coefficient (Wildman–Crippen LogP) is 3.18. The highest BCUT2D eigenvalue weighted by molar-refractivity contribution is 6.00. The van der Waals surface area contributed by atoms with Crippen LogP contribution in [0.4, 0.5) is 16.3 Å². The fourth-order valence-electron chi connectivity index (χ4n) is 2.32. The monoisotopic (exact) mass is 253 g/mol. The summed E-state index contributed by atoms with van der Waals surface area (Å²) in [6, 6.07) is 13.6. The van der Waals surface area contributed by atoms with E-state index in [1.807, 2.05) is 54.3 Å². The summed E-state index contributed by atoms with van der Waals surface area (Å²) in [5, 5.41) is 0. The first-order valence-corrected chi connectivity index (χ1v) is 6.39. The molecule has 0 N–H and O–H groups in total. The molecule has 1 aromatic heterocycles. The van der Waals surface area contributed by atoms with Crippen molar-refractivity contribution in [1.82, 2.24) is 9.88 Å². The smallest absolute Gasteiger partial charge is 0.320 e. The van der Waals surface area contributed by atoms with E-state index in [2.05, 4.69) is 4.98 Å². The maximum absolute atomic E-state index is 12.5. The van der Waals surface area contributed by atoms with Gasteiger partial charge in [-0.2, -0.15) is 0 Å². The molecule has 2 heterocycles. The third-order valence-corrected chi connectivity index (χ3v) is 3.30. The Hall–Kier alpha value is -2.36. The second kappa shape index (κ2) is 4.72. The van der Waals surface area contributed by atoms with Gasteiger partial charge in [-0.1, -0.05) is 24.3 Å². The Bertz CT molecular complexity index is 597. The maximum Gasteiger partial charge on any atom is 0.330 e.